The maximum atomic E-state index is 11.6. The fourth-order valence-electron chi connectivity index (χ4n) is 3.15. The molecule has 0 unspecified atom stereocenters. The lowest BCUT2D eigenvalue weighted by molar-refractivity contribution is -0.119. The van der Waals surface area contributed by atoms with Crippen molar-refractivity contribution in [2.24, 2.45) is 5.92 Å². The van der Waals surface area contributed by atoms with Crippen molar-refractivity contribution in [3.05, 3.63) is 33.9 Å². The number of pyridine rings is 1. The first kappa shape index (κ1) is 17.7. The largest absolute Gasteiger partial charge is 0.478 e. The molecule has 1 amide bonds. The van der Waals surface area contributed by atoms with Crippen LogP contribution in [0.3, 0.4) is 0 Å². The number of amides is 1. The van der Waals surface area contributed by atoms with Gasteiger partial charge in [-0.3, -0.25) is 4.79 Å². The molecule has 132 valence electrons. The third-order valence-electron chi connectivity index (χ3n) is 4.61. The second-order valence-electron chi connectivity index (χ2n) is 6.24. The number of aromatic nitrogens is 1. The molecule has 2 atom stereocenters. The number of halogens is 1. The van der Waals surface area contributed by atoms with Crippen molar-refractivity contribution in [3.8, 4) is 5.88 Å². The van der Waals surface area contributed by atoms with E-state index in [0.717, 1.165) is 21.7 Å². The van der Waals surface area contributed by atoms with Gasteiger partial charge in [0.15, 0.2) is 0 Å². The number of aromatic carboxylic acids is 1. The predicted octanol–water partition coefficient (Wildman–Crippen LogP) is 3.30. The first-order valence-electron chi connectivity index (χ1n) is 8.16. The minimum atomic E-state index is -0.981. The van der Waals surface area contributed by atoms with E-state index < -0.39 is 5.97 Å². The van der Waals surface area contributed by atoms with Crippen LogP contribution in [0.1, 0.15) is 35.8 Å². The summed E-state index contributed by atoms with van der Waals surface area (Å²) in [6, 6.07) is 4.81. The Labute approximate surface area is 153 Å². The lowest BCUT2D eigenvalue weighted by atomic mass is 9.98. The Kier molecular flexibility index (Phi) is 4.94. The van der Waals surface area contributed by atoms with Crippen molar-refractivity contribution in [2.45, 2.75) is 32.7 Å². The zero-order valence-electron chi connectivity index (χ0n) is 14.0. The van der Waals surface area contributed by atoms with E-state index in [0.29, 0.717) is 24.6 Å². The van der Waals surface area contributed by atoms with Gasteiger partial charge in [-0.2, -0.15) is 0 Å². The van der Waals surface area contributed by atoms with E-state index in [9.17, 15) is 14.7 Å². The van der Waals surface area contributed by atoms with E-state index in [2.05, 4.69) is 33.2 Å². The Bertz CT molecular complexity index is 853. The fourth-order valence-corrected chi connectivity index (χ4v) is 3.57. The number of rotatable bonds is 5. The van der Waals surface area contributed by atoms with Gasteiger partial charge < -0.3 is 15.2 Å². The van der Waals surface area contributed by atoms with Crippen LogP contribution in [-0.2, 0) is 4.79 Å². The molecule has 1 aromatic heterocycles. The molecule has 3 rings (SSSR count). The maximum Gasteiger partial charge on any atom is 0.335 e. The van der Waals surface area contributed by atoms with Gasteiger partial charge in [0.25, 0.3) is 0 Å². The van der Waals surface area contributed by atoms with Crippen LogP contribution in [0.15, 0.2) is 22.7 Å². The summed E-state index contributed by atoms with van der Waals surface area (Å²) < 4.78 is 6.67. The number of carboxylic acids is 1. The summed E-state index contributed by atoms with van der Waals surface area (Å²) in [5.74, 6) is -0.223. The van der Waals surface area contributed by atoms with Crippen molar-refractivity contribution in [1.82, 2.24) is 10.3 Å². The Hall–Kier alpha value is -2.15. The molecule has 1 fully saturated rings. The van der Waals surface area contributed by atoms with E-state index in [1.165, 1.54) is 6.07 Å². The van der Waals surface area contributed by atoms with E-state index in [1.807, 2.05) is 6.92 Å². The molecule has 0 spiro atoms. The molecule has 2 aromatic rings. The zero-order valence-corrected chi connectivity index (χ0v) is 15.6. The maximum absolute atomic E-state index is 11.6. The molecule has 0 aliphatic carbocycles. The molecule has 2 heterocycles. The number of nitrogens with one attached hydrogen (secondary N) is 1. The number of fused-ring (bicyclic) bond motifs is 1. The van der Waals surface area contributed by atoms with Gasteiger partial charge in [-0.15, -0.1) is 0 Å². The van der Waals surface area contributed by atoms with Gasteiger partial charge in [0.2, 0.25) is 11.8 Å². The first-order valence-corrected chi connectivity index (χ1v) is 8.95. The van der Waals surface area contributed by atoms with Crippen LogP contribution in [0.2, 0.25) is 0 Å². The summed E-state index contributed by atoms with van der Waals surface area (Å²) in [5, 5.41) is 13.6. The molecule has 25 heavy (non-hydrogen) atoms. The quantitative estimate of drug-likeness (QED) is 0.794. The summed E-state index contributed by atoms with van der Waals surface area (Å²) in [6.45, 7) is 4.23. The van der Waals surface area contributed by atoms with Crippen molar-refractivity contribution in [2.75, 3.05) is 6.61 Å². The minimum absolute atomic E-state index is 0.0309. The van der Waals surface area contributed by atoms with Gasteiger partial charge in [0, 0.05) is 21.7 Å². The Morgan fingerprint density at radius 1 is 1.44 bits per heavy atom. The first-order chi connectivity index (χ1) is 11.9. The van der Waals surface area contributed by atoms with Crippen LogP contribution in [0.5, 0.6) is 5.88 Å². The Balaban J connectivity index is 1.92. The van der Waals surface area contributed by atoms with Crippen LogP contribution in [-0.4, -0.2) is 34.6 Å². The number of hydrogen-bond donors (Lipinski definition) is 2. The highest BCUT2D eigenvalue weighted by Gasteiger charge is 2.31. The van der Waals surface area contributed by atoms with Crippen LogP contribution >= 0.6 is 15.9 Å². The van der Waals surface area contributed by atoms with Gasteiger partial charge >= 0.3 is 5.97 Å². The summed E-state index contributed by atoms with van der Waals surface area (Å²) >= 11 is 3.48. The van der Waals surface area contributed by atoms with E-state index >= 15 is 0 Å². The van der Waals surface area contributed by atoms with E-state index in [-0.39, 0.29) is 23.4 Å². The Morgan fingerprint density at radius 3 is 2.88 bits per heavy atom. The molecule has 7 heteroatoms. The highest BCUT2D eigenvalue weighted by atomic mass is 79.9. The summed E-state index contributed by atoms with van der Waals surface area (Å²) in [6.07, 6.45) is 1.43. The molecule has 6 nitrogen and oxygen atoms in total. The van der Waals surface area contributed by atoms with Gasteiger partial charge in [0.05, 0.1) is 17.3 Å². The second-order valence-corrected chi connectivity index (χ2v) is 7.03. The topological polar surface area (TPSA) is 88.5 Å². The molecule has 1 aromatic carbocycles. The van der Waals surface area contributed by atoms with Crippen molar-refractivity contribution < 1.29 is 19.4 Å². The molecule has 0 saturated carbocycles. The van der Waals surface area contributed by atoms with E-state index in [4.69, 9.17) is 4.74 Å². The predicted molar refractivity (Wildman–Crippen MR) is 97.0 cm³/mol. The number of carbonyl (C=O) groups excluding carboxylic acids is 1. The third-order valence-corrected chi connectivity index (χ3v) is 5.61. The molecule has 0 bridgehead atoms. The van der Waals surface area contributed by atoms with Gasteiger partial charge in [0.1, 0.15) is 6.61 Å². The van der Waals surface area contributed by atoms with Crippen LogP contribution in [0.4, 0.5) is 0 Å². The smallest absolute Gasteiger partial charge is 0.335 e. The lowest BCUT2D eigenvalue weighted by Gasteiger charge is -2.19. The fraction of sp³-hybridized carbons (Fsp3) is 0.389. The number of carboxylic acid groups (broad SMARTS) is 1. The van der Waals surface area contributed by atoms with Crippen LogP contribution in [0.25, 0.3) is 10.8 Å². The standard InChI is InChI=1S/C18H19BrN2O4/c1-3-10-7-15(22)21-14(10)8-25-17-12-5-4-11(18(23)24)6-13(12)16(19)9(2)20-17/h4-6,10,14H,3,7-8H2,1-2H3,(H,21,22)(H,23,24)/t10-,14-/m1/s1. The Morgan fingerprint density at radius 2 is 2.20 bits per heavy atom. The number of nitrogens with zero attached hydrogens (tertiary/aromatic N) is 1. The highest BCUT2D eigenvalue weighted by Crippen LogP contribution is 2.33. The number of benzene rings is 1. The minimum Gasteiger partial charge on any atom is -0.478 e. The van der Waals surface area contributed by atoms with Crippen LogP contribution in [0, 0.1) is 12.8 Å². The molecule has 1 saturated heterocycles. The molecule has 2 N–H and O–H groups in total. The average molecular weight is 407 g/mol. The van der Waals surface area contributed by atoms with Gasteiger partial charge in [-0.05, 0) is 47.0 Å². The lowest BCUT2D eigenvalue weighted by Crippen LogP contribution is -2.34. The summed E-state index contributed by atoms with van der Waals surface area (Å²) in [4.78, 5) is 27.3. The zero-order chi connectivity index (χ0) is 18.1. The van der Waals surface area contributed by atoms with Crippen molar-refractivity contribution in [3.63, 3.8) is 0 Å². The summed E-state index contributed by atoms with van der Waals surface area (Å²) in [7, 11) is 0. The van der Waals surface area contributed by atoms with Crippen LogP contribution < -0.4 is 10.1 Å². The molecule has 0 radical (unpaired) electrons. The number of ether oxygens (including phenoxy) is 1. The summed E-state index contributed by atoms with van der Waals surface area (Å²) in [5.41, 5.74) is 0.923. The number of carbonyl (C=O) groups is 2. The van der Waals surface area contributed by atoms with Gasteiger partial charge in [-0.25, -0.2) is 9.78 Å². The number of aryl methyl sites for hydroxylation is 1. The normalized spacial score (nSPS) is 19.9. The second kappa shape index (κ2) is 7.00. The molecular weight excluding hydrogens is 388 g/mol. The van der Waals surface area contributed by atoms with Gasteiger partial charge in [-0.1, -0.05) is 13.3 Å². The molecular formula is C18H19BrN2O4. The van der Waals surface area contributed by atoms with Crippen molar-refractivity contribution in [1.29, 1.82) is 0 Å². The SMILES string of the molecule is CC[C@@H]1CC(=O)N[C@@H]1COc1nc(C)c(Br)c2cc(C(=O)O)ccc12. The van der Waals surface area contributed by atoms with Crippen molar-refractivity contribution >= 4 is 38.6 Å². The average Bonchev–Trinajstić information content (AvgIpc) is 2.96. The molecule has 1 aliphatic rings. The van der Waals surface area contributed by atoms with E-state index in [1.54, 1.807) is 12.1 Å². The highest BCUT2D eigenvalue weighted by molar-refractivity contribution is 9.10. The molecule has 1 aliphatic heterocycles. The monoisotopic (exact) mass is 406 g/mol. The third kappa shape index (κ3) is 3.46. The number of hydrogen-bond acceptors (Lipinski definition) is 4.